The molecule has 0 aromatic rings. The van der Waals surface area contributed by atoms with E-state index in [9.17, 15) is 0 Å². The Labute approximate surface area is 61.0 Å². The molecule has 2 nitrogen and oxygen atoms in total. The molecule has 0 bridgehead atoms. The summed E-state index contributed by atoms with van der Waals surface area (Å²) in [6, 6.07) is 0. The molecule has 0 aromatic heterocycles. The Kier molecular flexibility index (Phi) is 1040. The second-order valence-corrected chi connectivity index (χ2v) is 0. The van der Waals surface area contributed by atoms with E-state index in [-0.39, 0.29) is 61.0 Å². The van der Waals surface area contributed by atoms with Crippen molar-refractivity contribution >= 4 is 28.3 Å². The van der Waals surface area contributed by atoms with Gasteiger partial charge in [-0.1, -0.05) is 0 Å². The summed E-state index contributed by atoms with van der Waals surface area (Å²) in [6.07, 6.45) is 0. The molecule has 0 aromatic carbocycles. The van der Waals surface area contributed by atoms with Crippen molar-refractivity contribution in [2.45, 2.75) is 0 Å². The maximum atomic E-state index is 0. The van der Waals surface area contributed by atoms with Gasteiger partial charge in [-0.25, -0.2) is 0 Å². The monoisotopic (exact) mass is 135 g/mol. The molecule has 0 heterocycles. The molecule has 0 fully saturated rings. The van der Waals surface area contributed by atoms with Crippen molar-refractivity contribution in [3.63, 3.8) is 0 Å². The van der Waals surface area contributed by atoms with Crippen molar-refractivity contribution in [2.24, 2.45) is 0 Å². The molecule has 0 radical (unpaired) electrons. The molecule has 0 saturated heterocycles. The Hall–Kier alpha value is 1.38. The van der Waals surface area contributed by atoms with Crippen LogP contribution in [0.1, 0.15) is 0 Å². The van der Waals surface area contributed by atoms with E-state index < -0.39 is 0 Å². The molecule has 0 amide bonds. The van der Waals surface area contributed by atoms with Gasteiger partial charge >= 0.3 is 50.0 Å². The van der Waals surface area contributed by atoms with Gasteiger partial charge in [-0.3, -0.25) is 0 Å². The molecule has 0 aliphatic rings. The topological polar surface area (TPSA) is 57.0 Å². The minimum Gasteiger partial charge on any atom is -2.00 e. The smallest absolute Gasteiger partial charge is 2.00 e. The standard InChI is InChI=1S/Al.2O.Si.Ti/q+3;2*-2;2*+4. The largest absolute Gasteiger partial charge is 4.00 e. The number of hydrogen-bond donors (Lipinski definition) is 0. The maximum absolute atomic E-state index is 0. The Morgan fingerprint density at radius 2 is 0.800 bits per heavy atom. The molecule has 0 aliphatic carbocycles. The van der Waals surface area contributed by atoms with Gasteiger partial charge in [0.25, 0.3) is 0 Å². The van der Waals surface area contributed by atoms with Crippen molar-refractivity contribution in [3.8, 4) is 0 Å². The molecule has 16 valence electrons. The Morgan fingerprint density at radius 3 is 0.800 bits per heavy atom. The summed E-state index contributed by atoms with van der Waals surface area (Å²) in [5.41, 5.74) is 0. The maximum Gasteiger partial charge on any atom is 4.00 e. The van der Waals surface area contributed by atoms with Crippen LogP contribution >= 0.6 is 0 Å². The van der Waals surface area contributed by atoms with Crippen molar-refractivity contribution in [3.05, 3.63) is 0 Å². The van der Waals surface area contributed by atoms with Gasteiger partial charge in [-0.15, -0.1) is 0 Å². The van der Waals surface area contributed by atoms with Crippen molar-refractivity contribution < 1.29 is 32.7 Å². The summed E-state index contributed by atoms with van der Waals surface area (Å²) in [7, 11) is 0. The Morgan fingerprint density at radius 1 is 0.800 bits per heavy atom. The third-order valence-electron chi connectivity index (χ3n) is 0. The zero-order chi connectivity index (χ0) is 0. The van der Waals surface area contributed by atoms with Crippen molar-refractivity contribution in [1.82, 2.24) is 0 Å². The molecule has 0 spiro atoms. The summed E-state index contributed by atoms with van der Waals surface area (Å²) in [4.78, 5) is 0. The van der Waals surface area contributed by atoms with E-state index in [1.54, 1.807) is 0 Å². The SMILES string of the molecule is [Al+3].[O-2].[O-2].[Si+4].[Ti+4]. The zero-order valence-electron chi connectivity index (χ0n) is 2.39. The molecule has 0 rings (SSSR count). The van der Waals surface area contributed by atoms with Gasteiger partial charge in [0.2, 0.25) is 0 Å². The Balaban J connectivity index is 0. The normalized spacial score (nSPS) is 0. The minimum atomic E-state index is 0. The first kappa shape index (κ1) is 96.6. The van der Waals surface area contributed by atoms with Gasteiger partial charge < -0.3 is 11.0 Å². The molecule has 0 saturated carbocycles. The van der Waals surface area contributed by atoms with Crippen LogP contribution in [-0.2, 0) is 32.7 Å². The molecule has 0 unspecified atom stereocenters. The van der Waals surface area contributed by atoms with Crippen LogP contribution in [0.2, 0.25) is 0 Å². The fourth-order valence-corrected chi connectivity index (χ4v) is 0. The predicted octanol–water partition coefficient (Wildman–Crippen LogP) is -1.00. The third kappa shape index (κ3) is 32.2. The van der Waals surface area contributed by atoms with Crippen LogP contribution in [-0.4, -0.2) is 28.3 Å². The van der Waals surface area contributed by atoms with Crippen LogP contribution in [0.25, 0.3) is 0 Å². The fraction of sp³-hybridized carbons (Fsp3) is 0. The van der Waals surface area contributed by atoms with Gasteiger partial charge in [0, 0.05) is 0 Å². The van der Waals surface area contributed by atoms with Crippen LogP contribution in [0.3, 0.4) is 0 Å². The van der Waals surface area contributed by atoms with Gasteiger partial charge in [0.15, 0.2) is 0 Å². The molecular weight excluding hydrogens is 135 g/mol. The van der Waals surface area contributed by atoms with E-state index in [1.807, 2.05) is 0 Å². The van der Waals surface area contributed by atoms with E-state index in [1.165, 1.54) is 0 Å². The molecular formula is AlO2SiTi+7. The van der Waals surface area contributed by atoms with Gasteiger partial charge in [-0.2, -0.15) is 0 Å². The summed E-state index contributed by atoms with van der Waals surface area (Å²) >= 11 is 0. The van der Waals surface area contributed by atoms with Crippen LogP contribution in [0.5, 0.6) is 0 Å². The average molecular weight is 135 g/mol. The van der Waals surface area contributed by atoms with E-state index in [0.717, 1.165) is 0 Å². The van der Waals surface area contributed by atoms with Gasteiger partial charge in [0.1, 0.15) is 0 Å². The molecule has 5 heteroatoms. The zero-order valence-corrected chi connectivity index (χ0v) is 6.11. The third-order valence-corrected chi connectivity index (χ3v) is 0. The summed E-state index contributed by atoms with van der Waals surface area (Å²) in [5.74, 6) is 0. The fourth-order valence-electron chi connectivity index (χ4n) is 0. The van der Waals surface area contributed by atoms with Crippen LogP contribution in [0.15, 0.2) is 0 Å². The predicted molar refractivity (Wildman–Crippen MR) is 12.9 cm³/mol. The van der Waals surface area contributed by atoms with Crippen molar-refractivity contribution in [2.75, 3.05) is 0 Å². The number of hydrogen-bond acceptors (Lipinski definition) is 0. The first-order valence-electron chi connectivity index (χ1n) is 0. The molecule has 0 aliphatic heterocycles. The van der Waals surface area contributed by atoms with Gasteiger partial charge in [-0.05, 0) is 0 Å². The molecule has 0 atom stereocenters. The van der Waals surface area contributed by atoms with E-state index in [4.69, 9.17) is 0 Å². The van der Waals surface area contributed by atoms with Crippen LogP contribution < -0.4 is 0 Å². The number of rotatable bonds is 0. The van der Waals surface area contributed by atoms with Gasteiger partial charge in [0.05, 0.1) is 0 Å². The van der Waals surface area contributed by atoms with E-state index >= 15 is 0 Å². The van der Waals surface area contributed by atoms with Crippen LogP contribution in [0.4, 0.5) is 0 Å². The second kappa shape index (κ2) is 54.0. The molecule has 5 heavy (non-hydrogen) atoms. The van der Waals surface area contributed by atoms with E-state index in [0.29, 0.717) is 0 Å². The first-order valence-corrected chi connectivity index (χ1v) is 0. The summed E-state index contributed by atoms with van der Waals surface area (Å²) in [6.45, 7) is 0. The Bertz CT molecular complexity index is 9.61. The average Bonchev–Trinajstić information content (AvgIpc) is 0. The quantitative estimate of drug-likeness (QED) is 0.382. The first-order chi connectivity index (χ1) is 0. The summed E-state index contributed by atoms with van der Waals surface area (Å²) < 4.78 is 0. The second-order valence-electron chi connectivity index (χ2n) is 0. The summed E-state index contributed by atoms with van der Waals surface area (Å²) in [5, 5.41) is 0. The molecule has 0 N–H and O–H groups in total. The van der Waals surface area contributed by atoms with E-state index in [2.05, 4.69) is 0 Å². The van der Waals surface area contributed by atoms with Crippen LogP contribution in [0, 0.1) is 0 Å². The van der Waals surface area contributed by atoms with Crippen molar-refractivity contribution in [1.29, 1.82) is 0 Å². The minimum absolute atomic E-state index is 0.